The number of para-hydroxylation sites is 1. The first-order chi connectivity index (χ1) is 13.2. The Kier molecular flexibility index (Phi) is 4.54. The lowest BCUT2D eigenvalue weighted by Gasteiger charge is -2.37. The highest BCUT2D eigenvalue weighted by Crippen LogP contribution is 2.33. The largest absolute Gasteiger partial charge is 0.497 e. The van der Waals surface area contributed by atoms with Crippen LogP contribution in [0.5, 0.6) is 5.75 Å². The Labute approximate surface area is 157 Å². The topological polar surface area (TPSA) is 46.5 Å². The fourth-order valence-electron chi connectivity index (χ4n) is 3.49. The lowest BCUT2D eigenvalue weighted by atomic mass is 10.00. The monoisotopic (exact) mass is 365 g/mol. The van der Waals surface area contributed by atoms with Crippen molar-refractivity contribution < 1.29 is 13.9 Å². The molecule has 0 fully saturated rings. The minimum Gasteiger partial charge on any atom is -0.497 e. The summed E-state index contributed by atoms with van der Waals surface area (Å²) in [7, 11) is 1.62. The molecular formula is C21H20FN3O2. The van der Waals surface area contributed by atoms with Crippen LogP contribution in [0.25, 0.3) is 0 Å². The van der Waals surface area contributed by atoms with Crippen LogP contribution in [0.3, 0.4) is 0 Å². The van der Waals surface area contributed by atoms with Gasteiger partial charge < -0.3 is 19.5 Å². The third-order valence-electron chi connectivity index (χ3n) is 4.85. The Morgan fingerprint density at radius 3 is 2.59 bits per heavy atom. The number of nitrogens with zero attached hydrogens (tertiary/aromatic N) is 2. The molecule has 1 N–H and O–H groups in total. The maximum atomic E-state index is 14.0. The number of carbonyl (C=O) groups is 1. The fraction of sp³-hybridized carbons (Fsp3) is 0.190. The molecule has 0 aliphatic carbocycles. The summed E-state index contributed by atoms with van der Waals surface area (Å²) < 4.78 is 21.3. The summed E-state index contributed by atoms with van der Waals surface area (Å²) in [6, 6.07) is 17.3. The van der Waals surface area contributed by atoms with E-state index >= 15 is 0 Å². The van der Waals surface area contributed by atoms with Crippen molar-refractivity contribution in [2.75, 3.05) is 19.0 Å². The third kappa shape index (κ3) is 3.26. The second-order valence-corrected chi connectivity index (χ2v) is 6.41. The zero-order valence-electron chi connectivity index (χ0n) is 14.9. The zero-order chi connectivity index (χ0) is 18.8. The number of nitrogens with one attached hydrogen (secondary N) is 1. The second-order valence-electron chi connectivity index (χ2n) is 6.41. The number of benzene rings is 2. The Balaban J connectivity index is 1.67. The number of methoxy groups -OCH3 is 1. The van der Waals surface area contributed by atoms with Crippen LogP contribution in [-0.4, -0.2) is 29.2 Å². The van der Waals surface area contributed by atoms with E-state index in [1.807, 2.05) is 42.6 Å². The molecular weight excluding hydrogens is 345 g/mol. The van der Waals surface area contributed by atoms with Gasteiger partial charge in [-0.05, 0) is 42.0 Å². The van der Waals surface area contributed by atoms with Crippen molar-refractivity contribution in [2.24, 2.45) is 0 Å². The maximum absolute atomic E-state index is 14.0. The van der Waals surface area contributed by atoms with E-state index in [9.17, 15) is 9.18 Å². The Hall–Kier alpha value is -3.28. The molecule has 6 heteroatoms. The van der Waals surface area contributed by atoms with Crippen molar-refractivity contribution in [1.82, 2.24) is 9.47 Å². The van der Waals surface area contributed by atoms with Gasteiger partial charge in [0.2, 0.25) is 0 Å². The molecule has 2 amide bonds. The molecule has 138 valence electrons. The summed E-state index contributed by atoms with van der Waals surface area (Å²) in [5.74, 6) is 0.305. The summed E-state index contributed by atoms with van der Waals surface area (Å²) in [5, 5.41) is 2.70. The maximum Gasteiger partial charge on any atom is 0.322 e. The van der Waals surface area contributed by atoms with Crippen LogP contribution in [0, 0.1) is 5.82 Å². The van der Waals surface area contributed by atoms with Gasteiger partial charge in [-0.3, -0.25) is 0 Å². The lowest BCUT2D eigenvalue weighted by Crippen LogP contribution is -2.44. The number of fused-ring (bicyclic) bond motifs is 1. The van der Waals surface area contributed by atoms with Gasteiger partial charge in [0.1, 0.15) is 11.6 Å². The molecule has 0 saturated carbocycles. The van der Waals surface area contributed by atoms with Gasteiger partial charge in [0.05, 0.1) is 18.8 Å². The molecule has 0 saturated heterocycles. The first-order valence-electron chi connectivity index (χ1n) is 8.78. The van der Waals surface area contributed by atoms with Crippen molar-refractivity contribution in [1.29, 1.82) is 0 Å². The van der Waals surface area contributed by atoms with Gasteiger partial charge in [0.25, 0.3) is 0 Å². The number of rotatable bonds is 3. The third-order valence-corrected chi connectivity index (χ3v) is 4.85. The summed E-state index contributed by atoms with van der Waals surface area (Å²) in [6.07, 6.45) is 2.01. The van der Waals surface area contributed by atoms with Gasteiger partial charge in [0.15, 0.2) is 0 Å². The average Bonchev–Trinajstić information content (AvgIpc) is 3.18. The van der Waals surface area contributed by atoms with Crippen LogP contribution in [0.2, 0.25) is 0 Å². The molecule has 1 unspecified atom stereocenters. The molecule has 4 rings (SSSR count). The van der Waals surface area contributed by atoms with Crippen molar-refractivity contribution >= 4 is 11.7 Å². The molecule has 3 aromatic rings. The molecule has 0 radical (unpaired) electrons. The van der Waals surface area contributed by atoms with Crippen molar-refractivity contribution in [3.8, 4) is 5.75 Å². The minimum atomic E-state index is -0.452. The summed E-state index contributed by atoms with van der Waals surface area (Å²) in [6.45, 7) is 1.22. The van der Waals surface area contributed by atoms with Crippen LogP contribution < -0.4 is 10.1 Å². The number of amides is 2. The predicted octanol–water partition coefficient (Wildman–Crippen LogP) is 4.27. The highest BCUT2D eigenvalue weighted by molar-refractivity contribution is 5.90. The van der Waals surface area contributed by atoms with Gasteiger partial charge in [-0.1, -0.05) is 24.3 Å². The standard InChI is InChI=1S/C21H20FN3O2/c1-27-16-10-8-15(9-11-16)20-19-7-4-12-24(19)13-14-25(20)21(26)23-18-6-3-2-5-17(18)22/h2-12,20H,13-14H2,1H3,(H,23,26). The van der Waals surface area contributed by atoms with E-state index in [1.165, 1.54) is 6.07 Å². The van der Waals surface area contributed by atoms with Crippen molar-refractivity contribution in [3.05, 3.63) is 83.9 Å². The van der Waals surface area contributed by atoms with Gasteiger partial charge in [-0.25, -0.2) is 9.18 Å². The summed E-state index contributed by atoms with van der Waals surface area (Å²) >= 11 is 0. The minimum absolute atomic E-state index is 0.178. The predicted molar refractivity (Wildman–Crippen MR) is 101 cm³/mol. The first kappa shape index (κ1) is 17.1. The molecule has 0 bridgehead atoms. The number of aromatic nitrogens is 1. The van der Waals surface area contributed by atoms with E-state index in [0.717, 1.165) is 17.0 Å². The lowest BCUT2D eigenvalue weighted by molar-refractivity contribution is 0.181. The van der Waals surface area contributed by atoms with Gasteiger partial charge in [-0.15, -0.1) is 0 Å². The van der Waals surface area contributed by atoms with E-state index in [-0.39, 0.29) is 17.8 Å². The Bertz CT molecular complexity index is 952. The fourth-order valence-corrected chi connectivity index (χ4v) is 3.49. The Morgan fingerprint density at radius 2 is 1.85 bits per heavy atom. The SMILES string of the molecule is COc1ccc(C2c3cccn3CCN2C(=O)Nc2ccccc2F)cc1. The quantitative estimate of drug-likeness (QED) is 0.753. The van der Waals surface area contributed by atoms with E-state index in [0.29, 0.717) is 13.1 Å². The normalized spacial score (nSPS) is 15.9. The number of anilines is 1. The van der Waals surface area contributed by atoms with E-state index in [4.69, 9.17) is 4.74 Å². The average molecular weight is 365 g/mol. The highest BCUT2D eigenvalue weighted by Gasteiger charge is 2.32. The molecule has 1 atom stereocenters. The molecule has 0 spiro atoms. The number of carbonyl (C=O) groups excluding carboxylic acids is 1. The van der Waals surface area contributed by atoms with Gasteiger partial charge in [-0.2, -0.15) is 0 Å². The summed E-state index contributed by atoms with van der Waals surface area (Å²) in [5.41, 5.74) is 2.17. The van der Waals surface area contributed by atoms with E-state index in [2.05, 4.69) is 9.88 Å². The first-order valence-corrected chi connectivity index (χ1v) is 8.78. The van der Waals surface area contributed by atoms with Crippen LogP contribution in [-0.2, 0) is 6.54 Å². The molecule has 2 heterocycles. The molecule has 1 aliphatic heterocycles. The highest BCUT2D eigenvalue weighted by atomic mass is 19.1. The van der Waals surface area contributed by atoms with Gasteiger partial charge >= 0.3 is 6.03 Å². The Morgan fingerprint density at radius 1 is 1.07 bits per heavy atom. The van der Waals surface area contributed by atoms with Crippen LogP contribution in [0.4, 0.5) is 14.9 Å². The van der Waals surface area contributed by atoms with E-state index in [1.54, 1.807) is 30.2 Å². The molecule has 2 aromatic carbocycles. The van der Waals surface area contributed by atoms with Crippen LogP contribution in [0.1, 0.15) is 17.3 Å². The summed E-state index contributed by atoms with van der Waals surface area (Å²) in [4.78, 5) is 14.7. The number of urea groups is 1. The van der Waals surface area contributed by atoms with Gasteiger partial charge in [0, 0.05) is 25.0 Å². The number of halogens is 1. The smallest absolute Gasteiger partial charge is 0.322 e. The number of hydrogen-bond acceptors (Lipinski definition) is 2. The molecule has 1 aromatic heterocycles. The number of ether oxygens (including phenoxy) is 1. The second kappa shape index (κ2) is 7.15. The van der Waals surface area contributed by atoms with Crippen LogP contribution in [0.15, 0.2) is 66.9 Å². The number of hydrogen-bond donors (Lipinski definition) is 1. The molecule has 5 nitrogen and oxygen atoms in total. The molecule has 1 aliphatic rings. The molecule has 27 heavy (non-hydrogen) atoms. The van der Waals surface area contributed by atoms with Crippen LogP contribution >= 0.6 is 0 Å². The van der Waals surface area contributed by atoms with Crippen molar-refractivity contribution in [3.63, 3.8) is 0 Å². The van der Waals surface area contributed by atoms with E-state index < -0.39 is 5.82 Å². The van der Waals surface area contributed by atoms with Crippen molar-refractivity contribution in [2.45, 2.75) is 12.6 Å². The zero-order valence-corrected chi connectivity index (χ0v) is 14.9.